The molecule has 0 aliphatic rings. The van der Waals surface area contributed by atoms with E-state index in [1.807, 2.05) is 11.7 Å². The van der Waals surface area contributed by atoms with Gasteiger partial charge in [0, 0.05) is 30.8 Å². The summed E-state index contributed by atoms with van der Waals surface area (Å²) in [4.78, 5) is 0. The van der Waals surface area contributed by atoms with Gasteiger partial charge in [-0.05, 0) is 39.3 Å². The highest BCUT2D eigenvalue weighted by Gasteiger charge is 2.21. The molecule has 21 heavy (non-hydrogen) atoms. The Kier molecular flexibility index (Phi) is 4.88. The molecule has 0 saturated carbocycles. The van der Waals surface area contributed by atoms with Crippen molar-refractivity contribution in [3.8, 4) is 0 Å². The molecule has 0 bridgehead atoms. The van der Waals surface area contributed by atoms with Gasteiger partial charge in [0.2, 0.25) is 0 Å². The zero-order valence-electron chi connectivity index (χ0n) is 14.0. The quantitative estimate of drug-likeness (QED) is 0.874. The smallest absolute Gasteiger partial charge is 0.120 e. The molecule has 4 heteroatoms. The standard InChI is InChI=1S/C17H27N3O/c1-7-14-9-10-16(21-14)11(3)18-15(8-2)17-12(4)19-20(6)13(17)5/h9-11,15,18H,7-8H2,1-6H3/t11-,15-/m1/s1. The summed E-state index contributed by atoms with van der Waals surface area (Å²) in [5, 5.41) is 8.21. The molecule has 0 aromatic carbocycles. The molecule has 0 spiro atoms. The maximum Gasteiger partial charge on any atom is 0.120 e. The Hall–Kier alpha value is -1.55. The molecule has 0 saturated heterocycles. The van der Waals surface area contributed by atoms with E-state index in [2.05, 4.69) is 57.2 Å². The Bertz CT molecular complexity index is 597. The van der Waals surface area contributed by atoms with E-state index in [0.717, 1.165) is 30.1 Å². The molecule has 2 aromatic rings. The Labute approximate surface area is 127 Å². The second-order valence-corrected chi connectivity index (χ2v) is 5.71. The van der Waals surface area contributed by atoms with Crippen LogP contribution in [0.25, 0.3) is 0 Å². The number of furan rings is 1. The maximum atomic E-state index is 5.86. The van der Waals surface area contributed by atoms with Gasteiger partial charge in [-0.3, -0.25) is 4.68 Å². The Morgan fingerprint density at radius 3 is 2.48 bits per heavy atom. The van der Waals surface area contributed by atoms with Crippen LogP contribution in [0.1, 0.15) is 67.7 Å². The number of aromatic nitrogens is 2. The lowest BCUT2D eigenvalue weighted by atomic mass is 10.0. The molecular formula is C17H27N3O. The number of nitrogens with zero attached hydrogens (tertiary/aromatic N) is 2. The lowest BCUT2D eigenvalue weighted by Gasteiger charge is -2.22. The second kappa shape index (κ2) is 6.48. The fourth-order valence-electron chi connectivity index (χ4n) is 2.90. The first-order valence-corrected chi connectivity index (χ1v) is 7.82. The maximum absolute atomic E-state index is 5.86. The van der Waals surface area contributed by atoms with E-state index in [1.165, 1.54) is 11.3 Å². The van der Waals surface area contributed by atoms with Crippen LogP contribution in [-0.4, -0.2) is 9.78 Å². The predicted molar refractivity (Wildman–Crippen MR) is 85.4 cm³/mol. The molecule has 0 unspecified atom stereocenters. The third-order valence-electron chi connectivity index (χ3n) is 4.23. The molecule has 0 radical (unpaired) electrons. The van der Waals surface area contributed by atoms with Crippen LogP contribution < -0.4 is 5.32 Å². The first kappa shape index (κ1) is 15.8. The first-order valence-electron chi connectivity index (χ1n) is 7.82. The minimum Gasteiger partial charge on any atom is -0.464 e. The van der Waals surface area contributed by atoms with Gasteiger partial charge < -0.3 is 9.73 Å². The molecule has 0 aliphatic carbocycles. The number of hydrogen-bond donors (Lipinski definition) is 1. The van der Waals surface area contributed by atoms with E-state index in [9.17, 15) is 0 Å². The van der Waals surface area contributed by atoms with Gasteiger partial charge in [-0.2, -0.15) is 5.10 Å². The van der Waals surface area contributed by atoms with E-state index < -0.39 is 0 Å². The average Bonchev–Trinajstić information content (AvgIpc) is 3.03. The van der Waals surface area contributed by atoms with Crippen molar-refractivity contribution >= 4 is 0 Å². The van der Waals surface area contributed by atoms with Crippen LogP contribution in [0.15, 0.2) is 16.5 Å². The molecule has 2 rings (SSSR count). The van der Waals surface area contributed by atoms with Gasteiger partial charge in [0.25, 0.3) is 0 Å². The minimum absolute atomic E-state index is 0.189. The molecule has 2 aromatic heterocycles. The van der Waals surface area contributed by atoms with E-state index in [4.69, 9.17) is 4.42 Å². The van der Waals surface area contributed by atoms with E-state index in [1.54, 1.807) is 0 Å². The van der Waals surface area contributed by atoms with Crippen LogP contribution in [0.5, 0.6) is 0 Å². The van der Waals surface area contributed by atoms with Crippen molar-refractivity contribution in [1.29, 1.82) is 0 Å². The number of hydrogen-bond acceptors (Lipinski definition) is 3. The third-order valence-corrected chi connectivity index (χ3v) is 4.23. The highest BCUT2D eigenvalue weighted by atomic mass is 16.3. The van der Waals surface area contributed by atoms with Crippen molar-refractivity contribution in [1.82, 2.24) is 15.1 Å². The molecule has 2 atom stereocenters. The SMILES string of the molecule is CCc1ccc([C@@H](C)N[C@H](CC)c2c(C)nn(C)c2C)o1. The van der Waals surface area contributed by atoms with Gasteiger partial charge in [0.15, 0.2) is 0 Å². The number of rotatable bonds is 6. The molecule has 116 valence electrons. The predicted octanol–water partition coefficient (Wildman–Crippen LogP) is 3.99. The number of nitrogens with one attached hydrogen (secondary N) is 1. The Morgan fingerprint density at radius 1 is 1.29 bits per heavy atom. The molecule has 2 heterocycles. The van der Waals surface area contributed by atoms with Crippen LogP contribution in [-0.2, 0) is 13.5 Å². The van der Waals surface area contributed by atoms with Crippen molar-refractivity contribution in [2.24, 2.45) is 7.05 Å². The normalized spacial score (nSPS) is 14.4. The first-order chi connectivity index (χ1) is 9.97. The van der Waals surface area contributed by atoms with Crippen LogP contribution >= 0.6 is 0 Å². The summed E-state index contributed by atoms with van der Waals surface area (Å²) in [6.07, 6.45) is 1.96. The summed E-state index contributed by atoms with van der Waals surface area (Å²) < 4.78 is 7.82. The molecule has 0 aliphatic heterocycles. The number of aryl methyl sites for hydroxylation is 3. The van der Waals surface area contributed by atoms with E-state index in [-0.39, 0.29) is 6.04 Å². The van der Waals surface area contributed by atoms with Crippen LogP contribution in [0.4, 0.5) is 0 Å². The van der Waals surface area contributed by atoms with Gasteiger partial charge >= 0.3 is 0 Å². The fourth-order valence-corrected chi connectivity index (χ4v) is 2.90. The Morgan fingerprint density at radius 2 is 2.00 bits per heavy atom. The van der Waals surface area contributed by atoms with Crippen LogP contribution in [0.3, 0.4) is 0 Å². The van der Waals surface area contributed by atoms with Crippen LogP contribution in [0, 0.1) is 13.8 Å². The topological polar surface area (TPSA) is 43.0 Å². The van der Waals surface area contributed by atoms with Crippen molar-refractivity contribution in [2.45, 2.75) is 59.5 Å². The lowest BCUT2D eigenvalue weighted by molar-refractivity contribution is 0.373. The Balaban J connectivity index is 2.18. The fraction of sp³-hybridized carbons (Fsp3) is 0.588. The van der Waals surface area contributed by atoms with Crippen molar-refractivity contribution in [3.05, 3.63) is 40.6 Å². The largest absolute Gasteiger partial charge is 0.464 e. The zero-order chi connectivity index (χ0) is 15.6. The molecule has 4 nitrogen and oxygen atoms in total. The summed E-state index contributed by atoms with van der Waals surface area (Å²) in [6.45, 7) is 10.7. The lowest BCUT2D eigenvalue weighted by Crippen LogP contribution is -2.25. The second-order valence-electron chi connectivity index (χ2n) is 5.71. The molecule has 1 N–H and O–H groups in total. The van der Waals surface area contributed by atoms with E-state index in [0.29, 0.717) is 6.04 Å². The van der Waals surface area contributed by atoms with Crippen molar-refractivity contribution in [3.63, 3.8) is 0 Å². The van der Waals surface area contributed by atoms with Crippen molar-refractivity contribution in [2.75, 3.05) is 0 Å². The monoisotopic (exact) mass is 289 g/mol. The van der Waals surface area contributed by atoms with Gasteiger partial charge in [-0.25, -0.2) is 0 Å². The van der Waals surface area contributed by atoms with E-state index >= 15 is 0 Å². The van der Waals surface area contributed by atoms with Crippen molar-refractivity contribution < 1.29 is 4.42 Å². The van der Waals surface area contributed by atoms with Gasteiger partial charge in [-0.1, -0.05) is 13.8 Å². The van der Waals surface area contributed by atoms with Gasteiger partial charge in [0.1, 0.15) is 11.5 Å². The highest BCUT2D eigenvalue weighted by Crippen LogP contribution is 2.27. The summed E-state index contributed by atoms with van der Waals surface area (Å²) >= 11 is 0. The molecule has 0 fully saturated rings. The summed E-state index contributed by atoms with van der Waals surface area (Å²) in [7, 11) is 2.00. The van der Waals surface area contributed by atoms with Gasteiger partial charge in [0.05, 0.1) is 11.7 Å². The minimum atomic E-state index is 0.189. The third kappa shape index (κ3) is 3.21. The highest BCUT2D eigenvalue weighted by molar-refractivity contribution is 5.28. The molecule has 0 amide bonds. The molecular weight excluding hydrogens is 262 g/mol. The van der Waals surface area contributed by atoms with Gasteiger partial charge in [-0.15, -0.1) is 0 Å². The summed E-state index contributed by atoms with van der Waals surface area (Å²) in [5.74, 6) is 2.05. The average molecular weight is 289 g/mol. The summed E-state index contributed by atoms with van der Waals surface area (Å²) in [6, 6.07) is 4.62. The summed E-state index contributed by atoms with van der Waals surface area (Å²) in [5.41, 5.74) is 3.65. The zero-order valence-corrected chi connectivity index (χ0v) is 14.0. The van der Waals surface area contributed by atoms with Crippen LogP contribution in [0.2, 0.25) is 0 Å².